The fraction of sp³-hybridized carbons (Fsp3) is 0.367. The highest BCUT2D eigenvalue weighted by Gasteiger charge is 2.38. The van der Waals surface area contributed by atoms with Gasteiger partial charge in [-0.15, -0.1) is 0 Å². The van der Waals surface area contributed by atoms with Crippen LogP contribution in [0, 0.1) is 0 Å². The normalized spacial score (nSPS) is 13.9. The summed E-state index contributed by atoms with van der Waals surface area (Å²) in [7, 11) is -2.64. The fourth-order valence-electron chi connectivity index (χ4n) is 4.51. The molecular weight excluding hydrogens is 548 g/mol. The second-order valence-corrected chi connectivity index (χ2v) is 12.1. The van der Waals surface area contributed by atoms with E-state index in [4.69, 9.17) is 18.9 Å². The summed E-state index contributed by atoms with van der Waals surface area (Å²) in [6, 6.07) is 17.9. The molecule has 1 aliphatic rings. The molecule has 10 nitrogen and oxygen atoms in total. The standard InChI is InChI=1S/C30H36N2O8S/c1-30(2,3)32(41(35,36)25-11-6-5-7-12-25)26-19-22(29(34)31-13-16-38-17-14-31)20-27(39-18-15-33)28(26)40-24-10-8-9-23(21-24)37-4/h5-12,19-21,33H,13-18H2,1-4H3. The zero-order chi connectivity index (χ0) is 29.6. The van der Waals surface area contributed by atoms with Crippen molar-refractivity contribution in [1.29, 1.82) is 0 Å². The average Bonchev–Trinajstić information content (AvgIpc) is 2.97. The van der Waals surface area contributed by atoms with Crippen molar-refractivity contribution in [3.05, 3.63) is 72.3 Å². The summed E-state index contributed by atoms with van der Waals surface area (Å²) in [6.45, 7) is 6.46. The van der Waals surface area contributed by atoms with Crippen molar-refractivity contribution in [2.24, 2.45) is 0 Å². The number of carbonyl (C=O) groups excluding carboxylic acids is 1. The lowest BCUT2D eigenvalue weighted by Gasteiger charge is -2.38. The smallest absolute Gasteiger partial charge is 0.264 e. The van der Waals surface area contributed by atoms with Crippen molar-refractivity contribution in [2.75, 3.05) is 50.9 Å². The van der Waals surface area contributed by atoms with Crippen molar-refractivity contribution in [2.45, 2.75) is 31.2 Å². The summed E-state index contributed by atoms with van der Waals surface area (Å²) in [5.41, 5.74) is -0.683. The first-order valence-electron chi connectivity index (χ1n) is 13.3. The molecule has 0 bridgehead atoms. The quantitative estimate of drug-likeness (QED) is 0.375. The predicted molar refractivity (Wildman–Crippen MR) is 155 cm³/mol. The van der Waals surface area contributed by atoms with E-state index >= 15 is 0 Å². The van der Waals surface area contributed by atoms with Crippen LogP contribution < -0.4 is 18.5 Å². The first-order valence-corrected chi connectivity index (χ1v) is 14.7. The van der Waals surface area contributed by atoms with E-state index in [0.29, 0.717) is 37.8 Å². The van der Waals surface area contributed by atoms with E-state index in [0.717, 1.165) is 0 Å². The van der Waals surface area contributed by atoms with Gasteiger partial charge in [-0.3, -0.25) is 9.10 Å². The number of rotatable bonds is 10. The van der Waals surface area contributed by atoms with Crippen LogP contribution in [-0.2, 0) is 14.8 Å². The molecular formula is C30H36N2O8S. The molecule has 1 amide bonds. The largest absolute Gasteiger partial charge is 0.497 e. The van der Waals surface area contributed by atoms with E-state index < -0.39 is 15.6 Å². The van der Waals surface area contributed by atoms with Gasteiger partial charge in [-0.2, -0.15) is 0 Å². The van der Waals surface area contributed by atoms with Crippen LogP contribution >= 0.6 is 0 Å². The molecule has 0 atom stereocenters. The van der Waals surface area contributed by atoms with Crippen molar-refractivity contribution in [3.8, 4) is 23.0 Å². The van der Waals surface area contributed by atoms with Crippen molar-refractivity contribution in [3.63, 3.8) is 0 Å². The molecule has 1 N–H and O–H groups in total. The highest BCUT2D eigenvalue weighted by atomic mass is 32.2. The Hall–Kier alpha value is -3.80. The van der Waals surface area contributed by atoms with Crippen LogP contribution in [0.1, 0.15) is 31.1 Å². The van der Waals surface area contributed by atoms with Crippen LogP contribution in [0.4, 0.5) is 5.69 Å². The molecule has 0 radical (unpaired) electrons. The van der Waals surface area contributed by atoms with Crippen LogP contribution in [-0.4, -0.2) is 76.5 Å². The van der Waals surface area contributed by atoms with Gasteiger partial charge in [0.15, 0.2) is 11.5 Å². The lowest BCUT2D eigenvalue weighted by atomic mass is 10.1. The van der Waals surface area contributed by atoms with Gasteiger partial charge < -0.3 is 29.0 Å². The van der Waals surface area contributed by atoms with Gasteiger partial charge >= 0.3 is 0 Å². The summed E-state index contributed by atoms with van der Waals surface area (Å²) >= 11 is 0. The number of nitrogens with zero attached hydrogens (tertiary/aromatic N) is 2. The van der Waals surface area contributed by atoms with Gasteiger partial charge in [-0.25, -0.2) is 8.42 Å². The van der Waals surface area contributed by atoms with E-state index in [1.54, 1.807) is 68.1 Å². The highest BCUT2D eigenvalue weighted by Crippen LogP contribution is 2.46. The van der Waals surface area contributed by atoms with Crippen molar-refractivity contribution < 1.29 is 37.3 Å². The molecule has 0 unspecified atom stereocenters. The van der Waals surface area contributed by atoms with Gasteiger partial charge in [0, 0.05) is 30.3 Å². The second-order valence-electron chi connectivity index (χ2n) is 10.3. The van der Waals surface area contributed by atoms with Gasteiger partial charge in [-0.05, 0) is 57.2 Å². The third-order valence-electron chi connectivity index (χ3n) is 6.30. The molecule has 1 saturated heterocycles. The van der Waals surface area contributed by atoms with Crippen LogP contribution in [0.3, 0.4) is 0 Å². The van der Waals surface area contributed by atoms with Crippen LogP contribution in [0.25, 0.3) is 0 Å². The van der Waals surface area contributed by atoms with Gasteiger partial charge in [0.2, 0.25) is 0 Å². The van der Waals surface area contributed by atoms with Crippen LogP contribution in [0.2, 0.25) is 0 Å². The number of hydrogen-bond donors (Lipinski definition) is 1. The minimum Gasteiger partial charge on any atom is -0.497 e. The molecule has 3 aromatic rings. The SMILES string of the molecule is COc1cccc(Oc2c(OCCO)cc(C(=O)N3CCOCC3)cc2N(C(C)(C)C)S(=O)(=O)c2ccccc2)c1. The highest BCUT2D eigenvalue weighted by molar-refractivity contribution is 7.93. The van der Waals surface area contributed by atoms with Gasteiger partial charge in [-0.1, -0.05) is 24.3 Å². The van der Waals surface area contributed by atoms with Crippen LogP contribution in [0.15, 0.2) is 71.6 Å². The molecule has 0 saturated carbocycles. The molecule has 0 spiro atoms. The summed E-state index contributed by atoms with van der Waals surface area (Å²) < 4.78 is 52.7. The average molecular weight is 585 g/mol. The van der Waals surface area contributed by atoms with E-state index in [1.807, 2.05) is 0 Å². The Bertz CT molecular complexity index is 1450. The molecule has 11 heteroatoms. The Morgan fingerprint density at radius 1 is 1.00 bits per heavy atom. The minimum atomic E-state index is -4.17. The lowest BCUT2D eigenvalue weighted by molar-refractivity contribution is 0.0302. The van der Waals surface area contributed by atoms with E-state index in [-0.39, 0.29) is 46.8 Å². The molecule has 41 heavy (non-hydrogen) atoms. The molecule has 3 aromatic carbocycles. The van der Waals surface area contributed by atoms with E-state index in [1.165, 1.54) is 35.7 Å². The zero-order valence-corrected chi connectivity index (χ0v) is 24.5. The molecule has 0 aromatic heterocycles. The molecule has 4 rings (SSSR count). The first-order chi connectivity index (χ1) is 19.6. The summed E-state index contributed by atoms with van der Waals surface area (Å²) in [5, 5.41) is 9.57. The zero-order valence-electron chi connectivity index (χ0n) is 23.7. The Morgan fingerprint density at radius 2 is 1.68 bits per heavy atom. The molecule has 0 aliphatic carbocycles. The van der Waals surface area contributed by atoms with Gasteiger partial charge in [0.05, 0.1) is 37.5 Å². The molecule has 1 fully saturated rings. The molecule has 220 valence electrons. The fourth-order valence-corrected chi connectivity index (χ4v) is 6.34. The number of hydrogen-bond acceptors (Lipinski definition) is 8. The number of aliphatic hydroxyl groups is 1. The monoisotopic (exact) mass is 584 g/mol. The Balaban J connectivity index is 1.98. The number of amides is 1. The number of carbonyl (C=O) groups is 1. The number of morpholine rings is 1. The summed E-state index contributed by atoms with van der Waals surface area (Å²) in [5.74, 6) is 0.763. The third-order valence-corrected chi connectivity index (χ3v) is 8.39. The minimum absolute atomic E-state index is 0.0691. The molecule has 1 heterocycles. The molecule has 1 aliphatic heterocycles. The van der Waals surface area contributed by atoms with Crippen LogP contribution in [0.5, 0.6) is 23.0 Å². The Labute approximate surface area is 241 Å². The Kier molecular flexibility index (Phi) is 9.42. The maximum atomic E-state index is 14.3. The van der Waals surface area contributed by atoms with Crippen molar-refractivity contribution >= 4 is 21.6 Å². The summed E-state index contributed by atoms with van der Waals surface area (Å²) in [4.78, 5) is 15.4. The number of ether oxygens (including phenoxy) is 4. The Morgan fingerprint density at radius 3 is 2.32 bits per heavy atom. The van der Waals surface area contributed by atoms with E-state index in [9.17, 15) is 18.3 Å². The topological polar surface area (TPSA) is 115 Å². The first kappa shape index (κ1) is 30.2. The van der Waals surface area contributed by atoms with Gasteiger partial charge in [0.1, 0.15) is 18.1 Å². The van der Waals surface area contributed by atoms with Gasteiger partial charge in [0.25, 0.3) is 15.9 Å². The number of aliphatic hydroxyl groups excluding tert-OH is 1. The number of anilines is 1. The van der Waals surface area contributed by atoms with E-state index in [2.05, 4.69) is 0 Å². The number of benzene rings is 3. The summed E-state index contributed by atoms with van der Waals surface area (Å²) in [6.07, 6.45) is 0. The van der Waals surface area contributed by atoms with Crippen molar-refractivity contribution in [1.82, 2.24) is 4.90 Å². The predicted octanol–water partition coefficient (Wildman–Crippen LogP) is 4.32. The number of sulfonamides is 1. The number of methoxy groups -OCH3 is 1. The second kappa shape index (κ2) is 12.8. The maximum Gasteiger partial charge on any atom is 0.264 e. The maximum absolute atomic E-state index is 14.3. The lowest BCUT2D eigenvalue weighted by Crippen LogP contribution is -2.46. The third kappa shape index (κ3) is 6.92.